The zero-order valence-corrected chi connectivity index (χ0v) is 12.0. The minimum atomic E-state index is -0.976. The van der Waals surface area contributed by atoms with E-state index in [1.54, 1.807) is 25.9 Å². The zero-order valence-electron chi connectivity index (χ0n) is 12.0. The number of carbonyl (C=O) groups excluding carboxylic acids is 1. The van der Waals surface area contributed by atoms with E-state index in [1.807, 2.05) is 13.8 Å². The van der Waals surface area contributed by atoms with Crippen LogP contribution in [0.1, 0.15) is 34.1 Å². The molecule has 1 amide bonds. The predicted molar refractivity (Wildman–Crippen MR) is 68.3 cm³/mol. The van der Waals surface area contributed by atoms with Crippen LogP contribution in [0.5, 0.6) is 0 Å². The second-order valence-corrected chi connectivity index (χ2v) is 6.22. The summed E-state index contributed by atoms with van der Waals surface area (Å²) >= 11 is 0. The molecule has 5 heteroatoms. The van der Waals surface area contributed by atoms with Crippen molar-refractivity contribution in [2.45, 2.75) is 51.4 Å². The van der Waals surface area contributed by atoms with Crippen molar-refractivity contribution < 1.29 is 19.4 Å². The maximum atomic E-state index is 12.1. The number of hydrogen-bond donors (Lipinski definition) is 1. The van der Waals surface area contributed by atoms with Crippen molar-refractivity contribution in [3.63, 3.8) is 0 Å². The summed E-state index contributed by atoms with van der Waals surface area (Å²) in [5.74, 6) is -0.0417. The molecule has 1 fully saturated rings. The number of amides is 1. The molecule has 1 aliphatic rings. The Kier molecular flexibility index (Phi) is 4.75. The molecule has 5 nitrogen and oxygen atoms in total. The van der Waals surface area contributed by atoms with Crippen molar-refractivity contribution >= 4 is 5.91 Å². The van der Waals surface area contributed by atoms with Crippen LogP contribution in [-0.2, 0) is 14.3 Å². The summed E-state index contributed by atoms with van der Waals surface area (Å²) in [5.41, 5.74) is -1.35. The number of morpholine rings is 1. The summed E-state index contributed by atoms with van der Waals surface area (Å²) < 4.78 is 10.9. The Labute approximate surface area is 109 Å². The van der Waals surface area contributed by atoms with Crippen molar-refractivity contribution in [3.8, 4) is 0 Å². The smallest absolute Gasteiger partial charge is 0.225 e. The number of ether oxygens (including phenoxy) is 2. The third-order valence-electron chi connectivity index (χ3n) is 2.77. The van der Waals surface area contributed by atoms with Crippen LogP contribution in [0.25, 0.3) is 0 Å². The molecule has 18 heavy (non-hydrogen) atoms. The molecule has 1 atom stereocenters. The summed E-state index contributed by atoms with van der Waals surface area (Å²) in [6, 6.07) is 0. The molecule has 1 unspecified atom stereocenters. The SMILES string of the molecule is COCC1CN(C(=O)CC(C)(C)O)CC(C)(C)O1. The van der Waals surface area contributed by atoms with Crippen molar-refractivity contribution in [2.24, 2.45) is 0 Å². The van der Waals surface area contributed by atoms with Crippen LogP contribution in [0.15, 0.2) is 0 Å². The van der Waals surface area contributed by atoms with E-state index in [-0.39, 0.29) is 24.0 Å². The Morgan fingerprint density at radius 2 is 2.17 bits per heavy atom. The van der Waals surface area contributed by atoms with Gasteiger partial charge in [0.15, 0.2) is 0 Å². The number of hydrogen-bond acceptors (Lipinski definition) is 4. The minimum Gasteiger partial charge on any atom is -0.390 e. The van der Waals surface area contributed by atoms with E-state index in [1.165, 1.54) is 0 Å². The van der Waals surface area contributed by atoms with Gasteiger partial charge in [-0.3, -0.25) is 4.79 Å². The molecule has 0 bridgehead atoms. The molecular weight excluding hydrogens is 234 g/mol. The van der Waals surface area contributed by atoms with Crippen molar-refractivity contribution in [1.29, 1.82) is 0 Å². The number of nitrogens with zero attached hydrogens (tertiary/aromatic N) is 1. The van der Waals surface area contributed by atoms with Gasteiger partial charge in [-0.15, -0.1) is 0 Å². The number of carbonyl (C=O) groups is 1. The van der Waals surface area contributed by atoms with E-state index in [0.29, 0.717) is 19.7 Å². The fourth-order valence-electron chi connectivity index (χ4n) is 2.24. The fourth-order valence-corrected chi connectivity index (χ4v) is 2.24. The summed E-state index contributed by atoms with van der Waals surface area (Å²) in [6.07, 6.45) is 0.0208. The first-order valence-corrected chi connectivity index (χ1v) is 6.30. The quantitative estimate of drug-likeness (QED) is 0.811. The average Bonchev–Trinajstić information content (AvgIpc) is 2.12. The molecule has 0 aromatic rings. The van der Waals surface area contributed by atoms with Gasteiger partial charge in [-0.1, -0.05) is 0 Å². The molecule has 1 aliphatic heterocycles. The Morgan fingerprint density at radius 1 is 1.56 bits per heavy atom. The molecule has 0 aromatic heterocycles. The molecule has 1 N–H and O–H groups in total. The topological polar surface area (TPSA) is 59.0 Å². The lowest BCUT2D eigenvalue weighted by atomic mass is 10.0. The van der Waals surface area contributed by atoms with E-state index in [9.17, 15) is 9.90 Å². The first-order valence-electron chi connectivity index (χ1n) is 6.30. The van der Waals surface area contributed by atoms with E-state index in [4.69, 9.17) is 9.47 Å². The Hall–Kier alpha value is -0.650. The highest BCUT2D eigenvalue weighted by Gasteiger charge is 2.36. The van der Waals surface area contributed by atoms with Gasteiger partial charge in [-0.25, -0.2) is 0 Å². The van der Waals surface area contributed by atoms with Gasteiger partial charge in [-0.2, -0.15) is 0 Å². The molecule has 0 radical (unpaired) electrons. The third-order valence-corrected chi connectivity index (χ3v) is 2.77. The second kappa shape index (κ2) is 5.55. The van der Waals surface area contributed by atoms with Gasteiger partial charge < -0.3 is 19.5 Å². The van der Waals surface area contributed by atoms with Gasteiger partial charge >= 0.3 is 0 Å². The third kappa shape index (κ3) is 4.92. The van der Waals surface area contributed by atoms with Gasteiger partial charge in [0.1, 0.15) is 0 Å². The highest BCUT2D eigenvalue weighted by atomic mass is 16.5. The molecular formula is C13H25NO4. The van der Waals surface area contributed by atoms with E-state index >= 15 is 0 Å². The molecule has 0 spiro atoms. The maximum absolute atomic E-state index is 12.1. The Balaban J connectivity index is 2.67. The summed E-state index contributed by atoms with van der Waals surface area (Å²) in [7, 11) is 1.62. The Bertz CT molecular complexity index is 296. The van der Waals surface area contributed by atoms with Crippen molar-refractivity contribution in [2.75, 3.05) is 26.8 Å². The summed E-state index contributed by atoms with van der Waals surface area (Å²) in [4.78, 5) is 13.9. The van der Waals surface area contributed by atoms with Crippen LogP contribution in [0.3, 0.4) is 0 Å². The normalized spacial score (nSPS) is 24.1. The van der Waals surface area contributed by atoms with Crippen molar-refractivity contribution in [1.82, 2.24) is 4.90 Å². The lowest BCUT2D eigenvalue weighted by Gasteiger charge is -2.43. The number of methoxy groups -OCH3 is 1. The molecule has 1 rings (SSSR count). The lowest BCUT2D eigenvalue weighted by Crippen LogP contribution is -2.56. The summed E-state index contributed by atoms with van der Waals surface area (Å²) in [6.45, 7) is 8.73. The first kappa shape index (κ1) is 15.4. The molecule has 0 aromatic carbocycles. The van der Waals surface area contributed by atoms with Crippen LogP contribution in [0.2, 0.25) is 0 Å². The standard InChI is InChI=1S/C13H25NO4/c1-12(2,16)6-11(15)14-7-10(8-17-5)18-13(3,4)9-14/h10,16H,6-9H2,1-5H3. The highest BCUT2D eigenvalue weighted by Crippen LogP contribution is 2.23. The van der Waals surface area contributed by atoms with E-state index in [2.05, 4.69) is 0 Å². The molecule has 1 heterocycles. The van der Waals surface area contributed by atoms with Gasteiger partial charge in [-0.05, 0) is 27.7 Å². The average molecular weight is 259 g/mol. The van der Waals surface area contributed by atoms with Crippen LogP contribution in [0, 0.1) is 0 Å². The second-order valence-electron chi connectivity index (χ2n) is 6.22. The number of aliphatic hydroxyl groups is 1. The fraction of sp³-hybridized carbons (Fsp3) is 0.923. The Morgan fingerprint density at radius 3 is 2.67 bits per heavy atom. The number of rotatable bonds is 4. The van der Waals surface area contributed by atoms with E-state index < -0.39 is 5.60 Å². The highest BCUT2D eigenvalue weighted by molar-refractivity contribution is 5.77. The van der Waals surface area contributed by atoms with Gasteiger partial charge in [0.25, 0.3) is 0 Å². The van der Waals surface area contributed by atoms with Gasteiger partial charge in [0.2, 0.25) is 5.91 Å². The monoisotopic (exact) mass is 259 g/mol. The summed E-state index contributed by atoms with van der Waals surface area (Å²) in [5, 5.41) is 9.71. The van der Waals surface area contributed by atoms with Gasteiger partial charge in [0, 0.05) is 20.2 Å². The minimum absolute atomic E-state index is 0.0417. The van der Waals surface area contributed by atoms with Crippen LogP contribution in [-0.4, -0.2) is 60.0 Å². The largest absolute Gasteiger partial charge is 0.390 e. The van der Waals surface area contributed by atoms with Crippen LogP contribution in [0.4, 0.5) is 0 Å². The maximum Gasteiger partial charge on any atom is 0.225 e. The molecule has 0 aliphatic carbocycles. The first-order chi connectivity index (χ1) is 8.13. The van der Waals surface area contributed by atoms with Crippen LogP contribution < -0.4 is 0 Å². The zero-order chi connectivity index (χ0) is 14.0. The van der Waals surface area contributed by atoms with Crippen molar-refractivity contribution in [3.05, 3.63) is 0 Å². The lowest BCUT2D eigenvalue weighted by molar-refractivity contribution is -0.171. The molecule has 0 saturated carbocycles. The van der Waals surface area contributed by atoms with Gasteiger partial charge in [0.05, 0.1) is 30.3 Å². The predicted octanol–water partition coefficient (Wildman–Crippen LogP) is 0.800. The molecule has 106 valence electrons. The molecule has 1 saturated heterocycles. The van der Waals surface area contributed by atoms with Crippen LogP contribution >= 0.6 is 0 Å². The van der Waals surface area contributed by atoms with E-state index in [0.717, 1.165) is 0 Å².